The number of ketones is 1. The van der Waals surface area contributed by atoms with Gasteiger partial charge in [-0.15, -0.1) is 0 Å². The zero-order valence-electron chi connectivity index (χ0n) is 15.4. The zero-order valence-corrected chi connectivity index (χ0v) is 15.4. The Morgan fingerprint density at radius 2 is 1.70 bits per heavy atom. The summed E-state index contributed by atoms with van der Waals surface area (Å²) in [6.07, 6.45) is 3.34. The summed E-state index contributed by atoms with van der Waals surface area (Å²) in [6.45, 7) is 3.62. The van der Waals surface area contributed by atoms with Crippen LogP contribution in [-0.2, 0) is 25.9 Å². The predicted octanol–water partition coefficient (Wildman–Crippen LogP) is 1.02. The molecule has 1 fully saturated rings. The zero-order chi connectivity index (χ0) is 19.6. The van der Waals surface area contributed by atoms with Gasteiger partial charge < -0.3 is 25.0 Å². The molecule has 1 aromatic carbocycles. The summed E-state index contributed by atoms with van der Waals surface area (Å²) in [7, 11) is 0. The summed E-state index contributed by atoms with van der Waals surface area (Å²) >= 11 is 0. The largest absolute Gasteiger partial charge is 0.459 e. The van der Waals surface area contributed by atoms with E-state index in [9.17, 15) is 24.9 Å². The summed E-state index contributed by atoms with van der Waals surface area (Å²) in [5.74, 6) is -6.58. The molecule has 0 radical (unpaired) electrons. The SMILES string of the molecule is CCCCCCN1C(=O)C(=O)C2=C(C)O[C@@]3(O)c4ccccc4C(O)(O)[C@]213. The van der Waals surface area contributed by atoms with Gasteiger partial charge in [-0.1, -0.05) is 50.5 Å². The minimum absolute atomic E-state index is 0.0264. The number of carbonyl (C=O) groups is 2. The fourth-order valence-corrected chi connectivity index (χ4v) is 4.89. The Morgan fingerprint density at radius 1 is 1.04 bits per heavy atom. The topological polar surface area (TPSA) is 107 Å². The van der Waals surface area contributed by atoms with Gasteiger partial charge in [-0.3, -0.25) is 9.59 Å². The Bertz CT molecular complexity index is 875. The average Bonchev–Trinajstić information content (AvgIpc) is 3.08. The van der Waals surface area contributed by atoms with Crippen molar-refractivity contribution >= 4 is 11.7 Å². The van der Waals surface area contributed by atoms with E-state index in [0.717, 1.165) is 24.2 Å². The fourth-order valence-electron chi connectivity index (χ4n) is 4.89. The van der Waals surface area contributed by atoms with Gasteiger partial charge >= 0.3 is 0 Å². The molecule has 0 saturated carbocycles. The first-order valence-electron chi connectivity index (χ1n) is 9.29. The Hall–Kier alpha value is -2.22. The lowest BCUT2D eigenvalue weighted by molar-refractivity contribution is -0.315. The molecule has 1 aromatic rings. The van der Waals surface area contributed by atoms with Gasteiger partial charge in [0.15, 0.2) is 0 Å². The predicted molar refractivity (Wildman–Crippen MR) is 93.8 cm³/mol. The van der Waals surface area contributed by atoms with Gasteiger partial charge in [0.2, 0.25) is 11.3 Å². The van der Waals surface area contributed by atoms with E-state index < -0.39 is 28.8 Å². The van der Waals surface area contributed by atoms with Crippen LogP contribution in [0, 0.1) is 0 Å². The van der Waals surface area contributed by atoms with E-state index in [1.807, 2.05) is 0 Å². The van der Waals surface area contributed by atoms with Crippen LogP contribution in [0.25, 0.3) is 0 Å². The van der Waals surface area contributed by atoms with Gasteiger partial charge in [0, 0.05) is 17.7 Å². The molecule has 2 aliphatic heterocycles. The molecule has 2 atom stereocenters. The van der Waals surface area contributed by atoms with Crippen molar-refractivity contribution in [3.8, 4) is 0 Å². The molecule has 3 aliphatic rings. The third-order valence-corrected chi connectivity index (χ3v) is 5.98. The van der Waals surface area contributed by atoms with Crippen LogP contribution in [0.1, 0.15) is 50.7 Å². The van der Waals surface area contributed by atoms with Crippen LogP contribution in [-0.4, -0.2) is 44.0 Å². The highest BCUT2D eigenvalue weighted by Gasteiger charge is 2.84. The van der Waals surface area contributed by atoms with Crippen LogP contribution < -0.4 is 0 Å². The molecule has 27 heavy (non-hydrogen) atoms. The number of ether oxygens (including phenoxy) is 1. The van der Waals surface area contributed by atoms with Crippen LogP contribution in [0.2, 0.25) is 0 Å². The fraction of sp³-hybridized carbons (Fsp3) is 0.500. The number of carbonyl (C=O) groups excluding carboxylic acids is 2. The molecule has 144 valence electrons. The lowest BCUT2D eigenvalue weighted by Crippen LogP contribution is -2.66. The minimum Gasteiger partial charge on any atom is -0.459 e. The van der Waals surface area contributed by atoms with Crippen molar-refractivity contribution in [3.63, 3.8) is 0 Å². The Kier molecular flexibility index (Phi) is 3.79. The number of likely N-dealkylation sites (tertiary alicyclic amines) is 1. The smallest absolute Gasteiger partial charge is 0.295 e. The van der Waals surface area contributed by atoms with Gasteiger partial charge in [-0.25, -0.2) is 0 Å². The van der Waals surface area contributed by atoms with Crippen molar-refractivity contribution in [3.05, 3.63) is 46.7 Å². The molecular weight excluding hydrogens is 350 g/mol. The number of hydrogen-bond donors (Lipinski definition) is 3. The average molecular weight is 373 g/mol. The van der Waals surface area contributed by atoms with Crippen molar-refractivity contribution in [2.45, 2.75) is 56.6 Å². The van der Waals surface area contributed by atoms with Crippen LogP contribution >= 0.6 is 0 Å². The van der Waals surface area contributed by atoms with Crippen LogP contribution in [0.5, 0.6) is 0 Å². The number of Topliss-reactive ketones (excluding diaryl/α,β-unsaturated/α-hetero) is 1. The normalized spacial score (nSPS) is 30.5. The van der Waals surface area contributed by atoms with Crippen LogP contribution in [0.4, 0.5) is 0 Å². The van der Waals surface area contributed by atoms with E-state index in [1.165, 1.54) is 19.1 Å². The number of nitrogens with zero attached hydrogens (tertiary/aromatic N) is 1. The van der Waals surface area contributed by atoms with Crippen molar-refractivity contribution in [2.75, 3.05) is 6.54 Å². The maximum atomic E-state index is 12.8. The summed E-state index contributed by atoms with van der Waals surface area (Å²) in [4.78, 5) is 26.7. The number of benzene rings is 1. The first kappa shape index (κ1) is 18.2. The molecule has 0 aromatic heterocycles. The highest BCUT2D eigenvalue weighted by atomic mass is 16.6. The van der Waals surface area contributed by atoms with E-state index >= 15 is 0 Å². The van der Waals surface area contributed by atoms with E-state index in [2.05, 4.69) is 6.92 Å². The Balaban J connectivity index is 1.92. The Morgan fingerprint density at radius 3 is 2.37 bits per heavy atom. The molecule has 1 aliphatic carbocycles. The highest BCUT2D eigenvalue weighted by Crippen LogP contribution is 2.66. The third-order valence-electron chi connectivity index (χ3n) is 5.98. The van der Waals surface area contributed by atoms with Gasteiger partial charge in [0.25, 0.3) is 17.5 Å². The standard InChI is InChI=1S/C20H23NO6/c1-3-4-5-8-11-21-17(23)16(22)15-12(2)27-20(26)14-10-7-6-9-13(14)19(24,25)18(15,20)21/h6-7,9-10,24-26H,3-5,8,11H2,1-2H3/t18-,20-/m0/s1. The van der Waals surface area contributed by atoms with Gasteiger partial charge in [0.05, 0.1) is 5.57 Å². The Labute approximate surface area is 156 Å². The molecule has 4 rings (SSSR count). The summed E-state index contributed by atoms with van der Waals surface area (Å²) in [5, 5.41) is 33.9. The lowest BCUT2D eigenvalue weighted by Gasteiger charge is -2.45. The second kappa shape index (κ2) is 5.64. The monoisotopic (exact) mass is 373 g/mol. The second-order valence-electron chi connectivity index (χ2n) is 7.45. The third kappa shape index (κ3) is 1.86. The summed E-state index contributed by atoms with van der Waals surface area (Å²) in [5.41, 5.74) is -2.11. The highest BCUT2D eigenvalue weighted by molar-refractivity contribution is 6.46. The number of aliphatic hydroxyl groups is 3. The lowest BCUT2D eigenvalue weighted by atomic mass is 9.79. The van der Waals surface area contributed by atoms with Crippen molar-refractivity contribution < 1.29 is 29.6 Å². The molecule has 7 heteroatoms. The number of allylic oxidation sites excluding steroid dienone is 1. The van der Waals surface area contributed by atoms with Crippen molar-refractivity contribution in [2.24, 2.45) is 0 Å². The van der Waals surface area contributed by atoms with Crippen molar-refractivity contribution in [1.29, 1.82) is 0 Å². The summed E-state index contributed by atoms with van der Waals surface area (Å²) in [6, 6.07) is 6.21. The maximum absolute atomic E-state index is 12.8. The quantitative estimate of drug-likeness (QED) is 0.404. The molecule has 1 saturated heterocycles. The first-order valence-corrected chi connectivity index (χ1v) is 9.29. The van der Waals surface area contributed by atoms with Gasteiger partial charge in [0.1, 0.15) is 5.76 Å². The van der Waals surface area contributed by atoms with Crippen LogP contribution in [0.3, 0.4) is 0 Å². The van der Waals surface area contributed by atoms with E-state index in [0.29, 0.717) is 6.42 Å². The molecule has 1 amide bonds. The number of rotatable bonds is 5. The van der Waals surface area contributed by atoms with E-state index in [4.69, 9.17) is 4.74 Å². The first-order chi connectivity index (χ1) is 12.7. The number of amides is 1. The molecule has 0 bridgehead atoms. The molecule has 1 spiro atoms. The van der Waals surface area contributed by atoms with Gasteiger partial charge in [-0.2, -0.15) is 0 Å². The molecule has 2 heterocycles. The number of unbranched alkanes of at least 4 members (excludes halogenated alkanes) is 3. The number of fused-ring (bicyclic) bond motifs is 2. The maximum Gasteiger partial charge on any atom is 0.295 e. The second-order valence-corrected chi connectivity index (χ2v) is 7.45. The number of hydrogen-bond acceptors (Lipinski definition) is 6. The van der Waals surface area contributed by atoms with Gasteiger partial charge in [-0.05, 0) is 13.3 Å². The molecule has 3 N–H and O–H groups in total. The summed E-state index contributed by atoms with van der Waals surface area (Å²) < 4.78 is 5.67. The van der Waals surface area contributed by atoms with E-state index in [-0.39, 0.29) is 29.0 Å². The molecular formula is C20H23NO6. The minimum atomic E-state index is -2.67. The van der Waals surface area contributed by atoms with E-state index in [1.54, 1.807) is 12.1 Å². The molecule has 7 nitrogen and oxygen atoms in total. The molecule has 0 unspecified atom stereocenters. The van der Waals surface area contributed by atoms with Crippen LogP contribution in [0.15, 0.2) is 35.6 Å². The van der Waals surface area contributed by atoms with Crippen molar-refractivity contribution in [1.82, 2.24) is 4.90 Å².